The van der Waals surface area contributed by atoms with Gasteiger partial charge in [-0.25, -0.2) is 0 Å². The van der Waals surface area contributed by atoms with Gasteiger partial charge in [0.1, 0.15) is 0 Å². The van der Waals surface area contributed by atoms with Crippen LogP contribution >= 0.6 is 0 Å². The molecule has 2 aromatic rings. The Morgan fingerprint density at radius 2 is 2.07 bits per heavy atom. The first-order valence-electron chi connectivity index (χ1n) is 5.18. The topological polar surface area (TPSA) is 34.8 Å². The molecule has 0 aliphatic heterocycles. The smallest absolute Gasteiger partial charge is 0.0733 e. The molecule has 2 rings (SSSR count). The molecule has 0 aromatic carbocycles. The Morgan fingerprint density at radius 1 is 1.33 bits per heavy atom. The Morgan fingerprint density at radius 3 is 2.67 bits per heavy atom. The SMILES string of the molecule is CCc1cc(CNn2cccc2)n(C)n1. The largest absolute Gasteiger partial charge is 0.320 e. The minimum atomic E-state index is 0.790. The molecule has 0 atom stereocenters. The predicted molar refractivity (Wildman–Crippen MR) is 60.1 cm³/mol. The van der Waals surface area contributed by atoms with Gasteiger partial charge in [-0.2, -0.15) is 5.10 Å². The maximum absolute atomic E-state index is 4.40. The lowest BCUT2D eigenvalue weighted by Crippen LogP contribution is -2.14. The Kier molecular flexibility index (Phi) is 2.76. The van der Waals surface area contributed by atoms with E-state index >= 15 is 0 Å². The molecule has 0 radical (unpaired) electrons. The molecule has 0 saturated heterocycles. The molecule has 0 aliphatic rings. The van der Waals surface area contributed by atoms with Crippen molar-refractivity contribution in [2.75, 3.05) is 5.43 Å². The molecule has 0 spiro atoms. The summed E-state index contributed by atoms with van der Waals surface area (Å²) in [5, 5.41) is 4.40. The maximum atomic E-state index is 4.40. The minimum Gasteiger partial charge on any atom is -0.320 e. The maximum Gasteiger partial charge on any atom is 0.0733 e. The molecule has 2 heterocycles. The average Bonchev–Trinajstić information content (AvgIpc) is 2.84. The van der Waals surface area contributed by atoms with E-state index in [9.17, 15) is 0 Å². The van der Waals surface area contributed by atoms with Gasteiger partial charge < -0.3 is 5.43 Å². The quantitative estimate of drug-likeness (QED) is 0.819. The van der Waals surface area contributed by atoms with Crippen LogP contribution in [0.1, 0.15) is 18.3 Å². The third-order valence-corrected chi connectivity index (χ3v) is 2.44. The van der Waals surface area contributed by atoms with Crippen LogP contribution in [0.2, 0.25) is 0 Å². The van der Waals surface area contributed by atoms with Gasteiger partial charge in [-0.15, -0.1) is 0 Å². The summed E-state index contributed by atoms with van der Waals surface area (Å²) in [6.07, 6.45) is 4.95. The molecule has 4 nitrogen and oxygen atoms in total. The summed E-state index contributed by atoms with van der Waals surface area (Å²) in [6.45, 7) is 2.91. The highest BCUT2D eigenvalue weighted by Crippen LogP contribution is 2.03. The van der Waals surface area contributed by atoms with Crippen molar-refractivity contribution in [3.63, 3.8) is 0 Å². The highest BCUT2D eigenvalue weighted by atomic mass is 15.4. The van der Waals surface area contributed by atoms with Gasteiger partial charge in [-0.3, -0.25) is 9.36 Å². The molecule has 0 saturated carbocycles. The Hall–Kier alpha value is -1.71. The zero-order valence-electron chi connectivity index (χ0n) is 9.14. The number of aryl methyl sites for hydroxylation is 2. The van der Waals surface area contributed by atoms with Gasteiger partial charge in [0.05, 0.1) is 17.9 Å². The van der Waals surface area contributed by atoms with Crippen LogP contribution in [0, 0.1) is 0 Å². The van der Waals surface area contributed by atoms with Crippen molar-refractivity contribution in [2.45, 2.75) is 19.9 Å². The minimum absolute atomic E-state index is 0.790. The van der Waals surface area contributed by atoms with Crippen LogP contribution in [0.15, 0.2) is 30.6 Å². The monoisotopic (exact) mass is 204 g/mol. The van der Waals surface area contributed by atoms with Crippen molar-refractivity contribution in [3.05, 3.63) is 42.0 Å². The number of hydrogen-bond acceptors (Lipinski definition) is 2. The van der Waals surface area contributed by atoms with Crippen LogP contribution in [0.25, 0.3) is 0 Å². The molecule has 0 amide bonds. The van der Waals surface area contributed by atoms with Gasteiger partial charge in [-0.05, 0) is 24.6 Å². The van der Waals surface area contributed by atoms with Crippen LogP contribution in [-0.2, 0) is 20.0 Å². The lowest BCUT2D eigenvalue weighted by molar-refractivity contribution is 0.689. The third kappa shape index (κ3) is 2.21. The molecule has 0 bridgehead atoms. The van der Waals surface area contributed by atoms with Crippen LogP contribution < -0.4 is 5.43 Å². The van der Waals surface area contributed by atoms with Gasteiger partial charge in [0, 0.05) is 19.4 Å². The molecule has 0 aliphatic carbocycles. The molecule has 0 unspecified atom stereocenters. The van der Waals surface area contributed by atoms with Crippen LogP contribution in [0.5, 0.6) is 0 Å². The van der Waals surface area contributed by atoms with E-state index in [0.29, 0.717) is 0 Å². The van der Waals surface area contributed by atoms with Gasteiger partial charge in [0.25, 0.3) is 0 Å². The first kappa shape index (κ1) is 9.83. The van der Waals surface area contributed by atoms with Crippen molar-refractivity contribution < 1.29 is 0 Å². The van der Waals surface area contributed by atoms with E-state index in [1.54, 1.807) is 0 Å². The second-order valence-electron chi connectivity index (χ2n) is 3.53. The molecular formula is C11H16N4. The van der Waals surface area contributed by atoms with Crippen LogP contribution in [0.3, 0.4) is 0 Å². The van der Waals surface area contributed by atoms with Crippen molar-refractivity contribution in [1.82, 2.24) is 14.5 Å². The number of nitrogens with one attached hydrogen (secondary N) is 1. The summed E-state index contributed by atoms with van der Waals surface area (Å²) in [5.41, 5.74) is 5.61. The summed E-state index contributed by atoms with van der Waals surface area (Å²) < 4.78 is 3.87. The van der Waals surface area contributed by atoms with E-state index in [4.69, 9.17) is 0 Å². The molecule has 4 heteroatoms. The number of aromatic nitrogens is 3. The number of hydrogen-bond donors (Lipinski definition) is 1. The third-order valence-electron chi connectivity index (χ3n) is 2.44. The highest BCUT2D eigenvalue weighted by Gasteiger charge is 2.02. The standard InChI is InChI=1S/C11H16N4/c1-3-10-8-11(14(2)13-10)9-12-15-6-4-5-7-15/h4-8,12H,3,9H2,1-2H3. The van der Waals surface area contributed by atoms with Gasteiger partial charge in [-0.1, -0.05) is 6.92 Å². The normalized spacial score (nSPS) is 10.5. The van der Waals surface area contributed by atoms with Crippen LogP contribution in [0.4, 0.5) is 0 Å². The molecule has 0 fully saturated rings. The zero-order chi connectivity index (χ0) is 10.7. The lowest BCUT2D eigenvalue weighted by Gasteiger charge is -2.06. The Balaban J connectivity index is 2.01. The summed E-state index contributed by atoms with van der Waals surface area (Å²) >= 11 is 0. The number of nitrogens with zero attached hydrogens (tertiary/aromatic N) is 3. The van der Waals surface area contributed by atoms with Gasteiger partial charge in [0.15, 0.2) is 0 Å². The van der Waals surface area contributed by atoms with Crippen molar-refractivity contribution in [2.24, 2.45) is 7.05 Å². The van der Waals surface area contributed by atoms with E-state index < -0.39 is 0 Å². The second-order valence-corrected chi connectivity index (χ2v) is 3.53. The second kappa shape index (κ2) is 4.21. The van der Waals surface area contributed by atoms with E-state index in [-0.39, 0.29) is 0 Å². The van der Waals surface area contributed by atoms with Crippen LogP contribution in [-0.4, -0.2) is 14.5 Å². The molecular weight excluding hydrogens is 188 g/mol. The Labute approximate surface area is 89.5 Å². The molecule has 1 N–H and O–H groups in total. The van der Waals surface area contributed by atoms with E-state index in [1.165, 1.54) is 5.69 Å². The summed E-state index contributed by atoms with van der Waals surface area (Å²) in [5.74, 6) is 0. The first-order valence-corrected chi connectivity index (χ1v) is 5.18. The van der Waals surface area contributed by atoms with Crippen molar-refractivity contribution in [1.29, 1.82) is 0 Å². The fourth-order valence-electron chi connectivity index (χ4n) is 1.52. The Bertz CT molecular complexity index is 414. The molecule has 80 valence electrons. The lowest BCUT2D eigenvalue weighted by atomic mass is 10.3. The van der Waals surface area contributed by atoms with E-state index in [2.05, 4.69) is 23.5 Å². The molecule has 2 aromatic heterocycles. The summed E-state index contributed by atoms with van der Waals surface area (Å²) in [4.78, 5) is 0. The van der Waals surface area contributed by atoms with Gasteiger partial charge >= 0.3 is 0 Å². The predicted octanol–water partition coefficient (Wildman–Crippen LogP) is 1.53. The highest BCUT2D eigenvalue weighted by molar-refractivity contribution is 5.11. The average molecular weight is 204 g/mol. The first-order chi connectivity index (χ1) is 7.29. The van der Waals surface area contributed by atoms with Gasteiger partial charge in [0.2, 0.25) is 0 Å². The number of rotatable bonds is 4. The van der Waals surface area contributed by atoms with E-state index in [0.717, 1.165) is 18.7 Å². The van der Waals surface area contributed by atoms with Crippen molar-refractivity contribution in [3.8, 4) is 0 Å². The van der Waals surface area contributed by atoms with E-state index in [1.807, 2.05) is 40.9 Å². The fourth-order valence-corrected chi connectivity index (χ4v) is 1.52. The van der Waals surface area contributed by atoms with Crippen molar-refractivity contribution >= 4 is 0 Å². The molecule has 15 heavy (non-hydrogen) atoms. The fraction of sp³-hybridized carbons (Fsp3) is 0.364. The summed E-state index contributed by atoms with van der Waals surface area (Å²) in [7, 11) is 1.98. The summed E-state index contributed by atoms with van der Waals surface area (Å²) in [6, 6.07) is 6.12. The zero-order valence-corrected chi connectivity index (χ0v) is 9.14.